The Morgan fingerprint density at radius 1 is 1.18 bits per heavy atom. The molecule has 40 heavy (non-hydrogen) atoms. The van der Waals surface area contributed by atoms with Crippen molar-refractivity contribution in [3.05, 3.63) is 64.0 Å². The number of rotatable bonds is 6. The van der Waals surface area contributed by atoms with Gasteiger partial charge in [0.05, 0.1) is 17.6 Å². The molecule has 0 aliphatic heterocycles. The molecule has 4 heterocycles. The first-order chi connectivity index (χ1) is 19.0. The molecule has 4 aromatic rings. The van der Waals surface area contributed by atoms with Gasteiger partial charge in [-0.3, -0.25) is 14.7 Å². The molecule has 1 saturated carbocycles. The number of carbonyl (C=O) groups excluding carboxylic acids is 1. The summed E-state index contributed by atoms with van der Waals surface area (Å²) in [6.07, 6.45) is 3.90. The van der Waals surface area contributed by atoms with Crippen LogP contribution in [0.1, 0.15) is 70.0 Å². The minimum absolute atomic E-state index is 0.1000. The third-order valence-electron chi connectivity index (χ3n) is 6.87. The second kappa shape index (κ2) is 10.1. The van der Waals surface area contributed by atoms with Crippen LogP contribution in [0.2, 0.25) is 0 Å². The highest BCUT2D eigenvalue weighted by molar-refractivity contribution is 5.89. The molecule has 3 N–H and O–H groups in total. The van der Waals surface area contributed by atoms with Gasteiger partial charge in [0.15, 0.2) is 0 Å². The Balaban J connectivity index is 1.38. The summed E-state index contributed by atoms with van der Waals surface area (Å²) in [5.41, 5.74) is 2.53. The van der Waals surface area contributed by atoms with Crippen LogP contribution in [0.25, 0.3) is 16.7 Å². The molecule has 5 rings (SSSR count). The van der Waals surface area contributed by atoms with Crippen molar-refractivity contribution in [3.8, 4) is 11.8 Å². The molecule has 0 radical (unpaired) electrons. The molecular formula is C28H32N10O2. The molecule has 12 heteroatoms. The van der Waals surface area contributed by atoms with Crippen molar-refractivity contribution in [1.82, 2.24) is 34.6 Å². The number of amides is 2. The topological polar surface area (TPSA) is 155 Å². The second-order valence-electron chi connectivity index (χ2n) is 11.2. The van der Waals surface area contributed by atoms with Gasteiger partial charge in [-0.15, -0.1) is 0 Å². The van der Waals surface area contributed by atoms with Crippen molar-refractivity contribution in [2.24, 2.45) is 0 Å². The monoisotopic (exact) mass is 540 g/mol. The Morgan fingerprint density at radius 3 is 2.58 bits per heavy atom. The van der Waals surface area contributed by atoms with E-state index in [1.165, 1.54) is 0 Å². The highest BCUT2D eigenvalue weighted by Crippen LogP contribution is 2.40. The van der Waals surface area contributed by atoms with E-state index in [9.17, 15) is 9.59 Å². The van der Waals surface area contributed by atoms with Gasteiger partial charge in [-0.05, 0) is 38.5 Å². The van der Waals surface area contributed by atoms with Crippen LogP contribution in [0.5, 0.6) is 0 Å². The maximum atomic E-state index is 13.5. The predicted octanol–water partition coefficient (Wildman–Crippen LogP) is 3.84. The van der Waals surface area contributed by atoms with Crippen LogP contribution in [0.15, 0.2) is 41.5 Å². The first kappa shape index (κ1) is 26.8. The summed E-state index contributed by atoms with van der Waals surface area (Å²) < 4.78 is 3.28. The van der Waals surface area contributed by atoms with Crippen molar-refractivity contribution < 1.29 is 4.79 Å². The van der Waals surface area contributed by atoms with Gasteiger partial charge in [0, 0.05) is 53.7 Å². The van der Waals surface area contributed by atoms with E-state index in [4.69, 9.17) is 5.26 Å². The average Bonchev–Trinajstić information content (AvgIpc) is 3.53. The SMILES string of the molecule is CNc1ncc2cc(C3CC3NC(=O)Nc3cc(C(C)(C)C)nn3-c3ccc(C#N)nc3)c(=O)n(C(C)C)c2n1. The lowest BCUT2D eigenvalue weighted by Crippen LogP contribution is -2.33. The third kappa shape index (κ3) is 5.10. The fraction of sp³-hybridized carbons (Fsp3) is 0.393. The van der Waals surface area contributed by atoms with E-state index in [0.717, 1.165) is 11.1 Å². The maximum absolute atomic E-state index is 13.5. The van der Waals surface area contributed by atoms with E-state index in [1.54, 1.807) is 40.8 Å². The number of urea groups is 1. The Kier molecular flexibility index (Phi) is 6.75. The molecular weight excluding hydrogens is 508 g/mol. The molecule has 0 bridgehead atoms. The highest BCUT2D eigenvalue weighted by Gasteiger charge is 2.42. The predicted molar refractivity (Wildman–Crippen MR) is 152 cm³/mol. The number of hydrogen-bond acceptors (Lipinski definition) is 8. The Morgan fingerprint density at radius 2 is 1.95 bits per heavy atom. The van der Waals surface area contributed by atoms with E-state index in [1.807, 2.05) is 52.8 Å². The van der Waals surface area contributed by atoms with Gasteiger partial charge in [0.2, 0.25) is 5.95 Å². The number of nitriles is 1. The van der Waals surface area contributed by atoms with E-state index in [2.05, 4.69) is 36.0 Å². The lowest BCUT2D eigenvalue weighted by atomic mass is 9.92. The zero-order valence-corrected chi connectivity index (χ0v) is 23.4. The second-order valence-corrected chi connectivity index (χ2v) is 11.2. The third-order valence-corrected chi connectivity index (χ3v) is 6.87. The van der Waals surface area contributed by atoms with E-state index in [0.29, 0.717) is 40.8 Å². The number of nitrogens with zero attached hydrogens (tertiary/aromatic N) is 7. The lowest BCUT2D eigenvalue weighted by Gasteiger charge is -2.16. The Bertz CT molecular complexity index is 1690. The first-order valence-electron chi connectivity index (χ1n) is 13.1. The number of nitrogens with one attached hydrogen (secondary N) is 3. The Labute approximate surface area is 231 Å². The molecule has 206 valence electrons. The number of pyridine rings is 2. The van der Waals surface area contributed by atoms with Crippen molar-refractivity contribution in [2.45, 2.75) is 64.5 Å². The minimum atomic E-state index is -0.400. The summed E-state index contributed by atoms with van der Waals surface area (Å²) in [5, 5.41) is 23.4. The largest absolute Gasteiger partial charge is 0.357 e. The van der Waals surface area contributed by atoms with Crippen LogP contribution >= 0.6 is 0 Å². The van der Waals surface area contributed by atoms with Crippen molar-refractivity contribution in [1.29, 1.82) is 5.26 Å². The van der Waals surface area contributed by atoms with Crippen LogP contribution in [0, 0.1) is 11.3 Å². The van der Waals surface area contributed by atoms with Crippen molar-refractivity contribution in [3.63, 3.8) is 0 Å². The molecule has 2 unspecified atom stereocenters. The summed E-state index contributed by atoms with van der Waals surface area (Å²) in [4.78, 5) is 39.5. The summed E-state index contributed by atoms with van der Waals surface area (Å²) in [6, 6.07) is 8.30. The van der Waals surface area contributed by atoms with Crippen LogP contribution < -0.4 is 21.5 Å². The molecule has 0 aromatic carbocycles. The normalized spacial score (nSPS) is 16.6. The molecule has 4 aromatic heterocycles. The zero-order valence-electron chi connectivity index (χ0n) is 23.4. The number of fused-ring (bicyclic) bond motifs is 1. The minimum Gasteiger partial charge on any atom is -0.357 e. The standard InChI is InChI=1S/C28H32N10O2/c1-15(2)37-24-16(13-32-26(30-6)35-24)9-20(25(37)39)19-10-21(19)33-27(40)34-23-11-22(28(3,4)5)36-38(23)18-8-7-17(12-29)31-14-18/h7-9,11,13-15,19,21H,10H2,1-6H3,(H,30,32,35)(H2,33,34,40). The van der Waals surface area contributed by atoms with Crippen LogP contribution in [-0.2, 0) is 5.41 Å². The first-order valence-corrected chi connectivity index (χ1v) is 13.1. The summed E-state index contributed by atoms with van der Waals surface area (Å²) in [5.74, 6) is 0.799. The quantitative estimate of drug-likeness (QED) is 0.333. The van der Waals surface area contributed by atoms with Gasteiger partial charge in [-0.2, -0.15) is 15.3 Å². The lowest BCUT2D eigenvalue weighted by molar-refractivity contribution is 0.251. The fourth-order valence-corrected chi connectivity index (χ4v) is 4.64. The fourth-order valence-electron chi connectivity index (χ4n) is 4.64. The highest BCUT2D eigenvalue weighted by atomic mass is 16.2. The van der Waals surface area contributed by atoms with Crippen LogP contribution in [-0.4, -0.2) is 48.4 Å². The molecule has 0 spiro atoms. The van der Waals surface area contributed by atoms with Gasteiger partial charge < -0.3 is 10.6 Å². The number of carbonyl (C=O) groups is 1. The summed E-state index contributed by atoms with van der Waals surface area (Å²) in [7, 11) is 1.73. The van der Waals surface area contributed by atoms with Gasteiger partial charge in [0.1, 0.15) is 23.2 Å². The zero-order chi connectivity index (χ0) is 28.8. The average molecular weight is 541 g/mol. The van der Waals surface area contributed by atoms with Gasteiger partial charge in [-0.1, -0.05) is 20.8 Å². The van der Waals surface area contributed by atoms with E-state index in [-0.39, 0.29) is 29.0 Å². The number of aromatic nitrogens is 6. The number of hydrogen-bond donors (Lipinski definition) is 3. The van der Waals surface area contributed by atoms with Crippen molar-refractivity contribution >= 4 is 28.8 Å². The number of anilines is 2. The van der Waals surface area contributed by atoms with Gasteiger partial charge in [0.25, 0.3) is 5.56 Å². The molecule has 1 aliphatic rings. The molecule has 2 amide bonds. The molecule has 2 atom stereocenters. The van der Waals surface area contributed by atoms with Crippen LogP contribution in [0.3, 0.4) is 0 Å². The maximum Gasteiger partial charge on any atom is 0.320 e. The van der Waals surface area contributed by atoms with Gasteiger partial charge >= 0.3 is 6.03 Å². The van der Waals surface area contributed by atoms with Crippen molar-refractivity contribution in [2.75, 3.05) is 17.7 Å². The summed E-state index contributed by atoms with van der Waals surface area (Å²) >= 11 is 0. The smallest absolute Gasteiger partial charge is 0.320 e. The molecule has 12 nitrogen and oxygen atoms in total. The van der Waals surface area contributed by atoms with E-state index < -0.39 is 6.03 Å². The molecule has 1 aliphatic carbocycles. The van der Waals surface area contributed by atoms with Crippen LogP contribution in [0.4, 0.5) is 16.6 Å². The van der Waals surface area contributed by atoms with E-state index >= 15 is 0 Å². The Hall–Kier alpha value is -4.79. The molecule has 0 saturated heterocycles. The summed E-state index contributed by atoms with van der Waals surface area (Å²) in [6.45, 7) is 9.99. The molecule has 1 fully saturated rings. The van der Waals surface area contributed by atoms with Gasteiger partial charge in [-0.25, -0.2) is 19.4 Å².